The molecule has 0 aromatic heterocycles. The maximum atomic E-state index is 12.7. The van der Waals surface area contributed by atoms with Gasteiger partial charge in [0.1, 0.15) is 4.90 Å². The topological polar surface area (TPSA) is 74.7 Å². The molecule has 1 heterocycles. The predicted octanol–water partition coefficient (Wildman–Crippen LogP) is 2.82. The molecule has 0 atom stereocenters. The van der Waals surface area contributed by atoms with Crippen LogP contribution in [0.4, 0.5) is 0 Å². The Morgan fingerprint density at radius 3 is 2.62 bits per heavy atom. The Kier molecular flexibility index (Phi) is 5.43. The standard InChI is InChI=1S/C12H13Cl2NO4S2/c13-8-6-9(12(16)17)11(14)10(7-8)21(18,19)15-2-1-4-20-5-3-15/h6-7H,1-5H2,(H,16,17). The van der Waals surface area contributed by atoms with Crippen LogP contribution in [0.15, 0.2) is 17.0 Å². The average molecular weight is 370 g/mol. The van der Waals surface area contributed by atoms with Gasteiger partial charge in [0.2, 0.25) is 10.0 Å². The van der Waals surface area contributed by atoms with Crippen LogP contribution in [0.3, 0.4) is 0 Å². The van der Waals surface area contributed by atoms with Crippen LogP contribution in [0.2, 0.25) is 10.0 Å². The number of aromatic carboxylic acids is 1. The molecular formula is C12H13Cl2NO4S2. The summed E-state index contributed by atoms with van der Waals surface area (Å²) in [6, 6.07) is 2.34. The second kappa shape index (κ2) is 6.75. The highest BCUT2D eigenvalue weighted by Gasteiger charge is 2.30. The van der Waals surface area contributed by atoms with Crippen molar-refractivity contribution in [1.82, 2.24) is 4.31 Å². The van der Waals surface area contributed by atoms with Gasteiger partial charge in [0.25, 0.3) is 0 Å². The molecule has 9 heteroatoms. The zero-order valence-corrected chi connectivity index (χ0v) is 14.0. The fourth-order valence-electron chi connectivity index (χ4n) is 2.01. The van der Waals surface area contributed by atoms with Crippen molar-refractivity contribution in [3.63, 3.8) is 0 Å². The molecule has 21 heavy (non-hydrogen) atoms. The lowest BCUT2D eigenvalue weighted by atomic mass is 10.2. The molecule has 0 bridgehead atoms. The molecule has 1 N–H and O–H groups in total. The molecule has 1 aliphatic rings. The van der Waals surface area contributed by atoms with Crippen molar-refractivity contribution in [2.75, 3.05) is 24.6 Å². The van der Waals surface area contributed by atoms with E-state index in [1.54, 1.807) is 11.8 Å². The van der Waals surface area contributed by atoms with E-state index in [9.17, 15) is 13.2 Å². The molecule has 116 valence electrons. The molecule has 0 amide bonds. The Bertz CT molecular complexity index is 655. The molecule has 1 aromatic carbocycles. The van der Waals surface area contributed by atoms with Gasteiger partial charge in [-0.15, -0.1) is 0 Å². The van der Waals surface area contributed by atoms with E-state index in [-0.39, 0.29) is 20.5 Å². The molecule has 5 nitrogen and oxygen atoms in total. The number of carboxylic acid groups (broad SMARTS) is 1. The lowest BCUT2D eigenvalue weighted by Gasteiger charge is -2.21. The van der Waals surface area contributed by atoms with Gasteiger partial charge in [0.15, 0.2) is 0 Å². The predicted molar refractivity (Wildman–Crippen MR) is 84.1 cm³/mol. The van der Waals surface area contributed by atoms with Crippen LogP contribution in [0.1, 0.15) is 16.8 Å². The van der Waals surface area contributed by atoms with Gasteiger partial charge >= 0.3 is 5.97 Å². The first-order chi connectivity index (χ1) is 9.84. The highest BCUT2D eigenvalue weighted by atomic mass is 35.5. The van der Waals surface area contributed by atoms with E-state index in [0.29, 0.717) is 18.8 Å². The molecule has 0 saturated carbocycles. The molecule has 1 saturated heterocycles. The minimum absolute atomic E-state index is 0.0274. The van der Waals surface area contributed by atoms with Gasteiger partial charge in [-0.25, -0.2) is 13.2 Å². The van der Waals surface area contributed by atoms with Crippen molar-refractivity contribution in [2.45, 2.75) is 11.3 Å². The molecule has 2 rings (SSSR count). The minimum Gasteiger partial charge on any atom is -0.478 e. The van der Waals surface area contributed by atoms with Crippen molar-refractivity contribution in [3.05, 3.63) is 27.7 Å². The van der Waals surface area contributed by atoms with E-state index in [2.05, 4.69) is 0 Å². The fourth-order valence-corrected chi connectivity index (χ4v) is 5.37. The van der Waals surface area contributed by atoms with Gasteiger partial charge in [0, 0.05) is 23.9 Å². The third kappa shape index (κ3) is 3.65. The molecule has 0 aliphatic carbocycles. The van der Waals surface area contributed by atoms with Gasteiger partial charge in [-0.05, 0) is 24.3 Å². The molecular weight excluding hydrogens is 357 g/mol. The summed E-state index contributed by atoms with van der Waals surface area (Å²) in [5.41, 5.74) is -0.313. The summed E-state index contributed by atoms with van der Waals surface area (Å²) < 4.78 is 26.7. The van der Waals surface area contributed by atoms with Crippen LogP contribution in [-0.4, -0.2) is 48.4 Å². The molecule has 0 unspecified atom stereocenters. The van der Waals surface area contributed by atoms with Crippen molar-refractivity contribution >= 4 is 51.0 Å². The van der Waals surface area contributed by atoms with E-state index in [1.165, 1.54) is 10.4 Å². The number of sulfonamides is 1. The smallest absolute Gasteiger partial charge is 0.337 e. The zero-order valence-electron chi connectivity index (χ0n) is 10.9. The highest BCUT2D eigenvalue weighted by Crippen LogP contribution is 2.32. The van der Waals surface area contributed by atoms with E-state index in [1.807, 2.05) is 0 Å². The lowest BCUT2D eigenvalue weighted by molar-refractivity contribution is 0.0697. The van der Waals surface area contributed by atoms with E-state index >= 15 is 0 Å². The van der Waals surface area contributed by atoms with Crippen LogP contribution in [0, 0.1) is 0 Å². The maximum Gasteiger partial charge on any atom is 0.337 e. The Hall–Kier alpha value is -0.470. The van der Waals surface area contributed by atoms with Crippen molar-refractivity contribution in [1.29, 1.82) is 0 Å². The number of carbonyl (C=O) groups is 1. The van der Waals surface area contributed by atoms with Gasteiger partial charge in [-0.2, -0.15) is 16.1 Å². The lowest BCUT2D eigenvalue weighted by Crippen LogP contribution is -2.33. The molecule has 0 spiro atoms. The number of hydrogen-bond donors (Lipinski definition) is 1. The van der Waals surface area contributed by atoms with E-state index in [0.717, 1.165) is 18.2 Å². The van der Waals surface area contributed by atoms with Crippen LogP contribution < -0.4 is 0 Å². The second-order valence-corrected chi connectivity index (χ2v) is 8.39. The summed E-state index contributed by atoms with van der Waals surface area (Å²) >= 11 is 13.5. The number of carboxylic acids is 1. The van der Waals surface area contributed by atoms with Gasteiger partial charge in [0.05, 0.1) is 10.6 Å². The Morgan fingerprint density at radius 1 is 1.24 bits per heavy atom. The number of nitrogens with zero attached hydrogens (tertiary/aromatic N) is 1. The Balaban J connectivity index is 2.51. The summed E-state index contributed by atoms with van der Waals surface area (Å²) in [6.45, 7) is 0.763. The first-order valence-electron chi connectivity index (χ1n) is 6.14. The van der Waals surface area contributed by atoms with Gasteiger partial charge < -0.3 is 5.11 Å². The van der Waals surface area contributed by atoms with E-state index < -0.39 is 16.0 Å². The third-order valence-corrected chi connectivity index (χ3v) is 6.74. The third-order valence-electron chi connectivity index (χ3n) is 3.03. The molecule has 1 aliphatic heterocycles. The van der Waals surface area contributed by atoms with Gasteiger partial charge in [-0.3, -0.25) is 0 Å². The van der Waals surface area contributed by atoms with Gasteiger partial charge in [-0.1, -0.05) is 23.2 Å². The Morgan fingerprint density at radius 2 is 1.95 bits per heavy atom. The number of rotatable bonds is 3. The highest BCUT2D eigenvalue weighted by molar-refractivity contribution is 7.99. The number of benzene rings is 1. The van der Waals surface area contributed by atoms with Crippen molar-refractivity contribution < 1.29 is 18.3 Å². The summed E-state index contributed by atoms with van der Waals surface area (Å²) in [7, 11) is -3.85. The van der Waals surface area contributed by atoms with Crippen LogP contribution in [0.25, 0.3) is 0 Å². The summed E-state index contributed by atoms with van der Waals surface area (Å²) in [6.07, 6.45) is 0.744. The SMILES string of the molecule is O=C(O)c1cc(Cl)cc(S(=O)(=O)N2CCCSCC2)c1Cl. The first-order valence-corrected chi connectivity index (χ1v) is 9.49. The fraction of sp³-hybridized carbons (Fsp3) is 0.417. The Labute approximate surface area is 137 Å². The first kappa shape index (κ1) is 16.9. The summed E-state index contributed by atoms with van der Waals surface area (Å²) in [5.74, 6) is 0.282. The molecule has 1 fully saturated rings. The number of thioether (sulfide) groups is 1. The zero-order chi connectivity index (χ0) is 15.6. The number of halogens is 2. The minimum atomic E-state index is -3.85. The van der Waals surface area contributed by atoms with Crippen LogP contribution >= 0.6 is 35.0 Å². The quantitative estimate of drug-likeness (QED) is 0.886. The molecule has 0 radical (unpaired) electrons. The van der Waals surface area contributed by atoms with Crippen LogP contribution in [0.5, 0.6) is 0 Å². The summed E-state index contributed by atoms with van der Waals surface area (Å²) in [4.78, 5) is 10.9. The monoisotopic (exact) mass is 369 g/mol. The van der Waals surface area contributed by atoms with E-state index in [4.69, 9.17) is 28.3 Å². The molecule has 1 aromatic rings. The maximum absolute atomic E-state index is 12.7. The average Bonchev–Trinajstić information content (AvgIpc) is 2.70. The van der Waals surface area contributed by atoms with Crippen LogP contribution in [-0.2, 0) is 10.0 Å². The van der Waals surface area contributed by atoms with Crippen molar-refractivity contribution in [3.8, 4) is 0 Å². The summed E-state index contributed by atoms with van der Waals surface area (Å²) in [5, 5.41) is 8.81. The number of hydrogen-bond acceptors (Lipinski definition) is 4. The van der Waals surface area contributed by atoms with Crippen molar-refractivity contribution in [2.24, 2.45) is 0 Å². The normalized spacial score (nSPS) is 17.4. The largest absolute Gasteiger partial charge is 0.478 e. The second-order valence-electron chi connectivity index (χ2n) is 4.44.